The normalized spacial score (nSPS) is 19.1. The molecule has 2 aromatic carbocycles. The molecule has 10 heteroatoms. The Labute approximate surface area is 199 Å². The van der Waals surface area contributed by atoms with E-state index in [2.05, 4.69) is 5.10 Å². The summed E-state index contributed by atoms with van der Waals surface area (Å²) in [7, 11) is 1.77. The van der Waals surface area contributed by atoms with Crippen molar-refractivity contribution in [2.75, 3.05) is 19.7 Å². The predicted molar refractivity (Wildman–Crippen MR) is 124 cm³/mol. The molecule has 2 aromatic heterocycles. The summed E-state index contributed by atoms with van der Waals surface area (Å²) in [5.41, 5.74) is 1.67. The molecule has 184 valence electrons. The van der Waals surface area contributed by atoms with Gasteiger partial charge in [-0.25, -0.2) is 0 Å². The van der Waals surface area contributed by atoms with Gasteiger partial charge in [-0.05, 0) is 55.8 Å². The fraction of sp³-hybridized carbons (Fsp3) is 0.360. The Morgan fingerprint density at radius 2 is 1.89 bits per heavy atom. The van der Waals surface area contributed by atoms with Crippen LogP contribution >= 0.6 is 0 Å². The monoisotopic (exact) mass is 486 g/mol. The maximum atomic E-state index is 13.4. The van der Waals surface area contributed by atoms with E-state index < -0.39 is 11.7 Å². The van der Waals surface area contributed by atoms with Gasteiger partial charge in [0.15, 0.2) is 5.65 Å². The molecule has 1 amide bonds. The van der Waals surface area contributed by atoms with Gasteiger partial charge >= 0.3 is 6.18 Å². The van der Waals surface area contributed by atoms with E-state index in [-0.39, 0.29) is 24.7 Å². The minimum absolute atomic E-state index is 0.0121. The number of ether oxygens (including phenoxy) is 1. The lowest BCUT2D eigenvalue weighted by Gasteiger charge is -2.36. The molecule has 1 saturated heterocycles. The second-order valence-corrected chi connectivity index (χ2v) is 8.94. The van der Waals surface area contributed by atoms with Crippen molar-refractivity contribution in [3.05, 3.63) is 59.8 Å². The Bertz CT molecular complexity index is 1390. The summed E-state index contributed by atoms with van der Waals surface area (Å²) in [6.45, 7) is 2.74. The number of aromatic nitrogens is 3. The molecule has 0 bridgehead atoms. The summed E-state index contributed by atoms with van der Waals surface area (Å²) in [5.74, 6) is -0.135. The zero-order valence-electron chi connectivity index (χ0n) is 19.3. The average molecular weight is 486 g/mol. The number of aryl methyl sites for hydroxylation is 1. The van der Waals surface area contributed by atoms with Crippen LogP contribution in [0.15, 0.2) is 48.7 Å². The number of hydrogen-bond donors (Lipinski definition) is 1. The number of nitrogens with zero attached hydrogens (tertiary/aromatic N) is 4. The van der Waals surface area contributed by atoms with E-state index in [1.54, 1.807) is 33.3 Å². The van der Waals surface area contributed by atoms with Crippen LogP contribution in [0.5, 0.6) is 0 Å². The molecule has 7 nitrogen and oxygen atoms in total. The van der Waals surface area contributed by atoms with Gasteiger partial charge in [0.2, 0.25) is 0 Å². The Morgan fingerprint density at radius 3 is 2.57 bits per heavy atom. The van der Waals surface area contributed by atoms with Crippen molar-refractivity contribution in [2.45, 2.75) is 31.7 Å². The fourth-order valence-electron chi connectivity index (χ4n) is 4.78. The molecular formula is C25H25F3N4O3. The number of fused-ring (bicyclic) bond motifs is 3. The van der Waals surface area contributed by atoms with Crippen molar-refractivity contribution >= 4 is 27.8 Å². The van der Waals surface area contributed by atoms with Gasteiger partial charge in [0.1, 0.15) is 0 Å². The number of hydrogen-bond acceptors (Lipinski definition) is 4. The summed E-state index contributed by atoms with van der Waals surface area (Å²) in [6.07, 6.45) is -2.49. The molecule has 1 N–H and O–H groups in total. The van der Waals surface area contributed by atoms with Crippen LogP contribution in [0.4, 0.5) is 13.2 Å². The standard InChI is InChI=1S/C25H25F3N4O3/c1-15-12-31(13-19(35-15)9-10-33)24(34)16-3-8-22-20(11-16)21-14-30(2)29-23(21)32(22)18-6-4-17(5-7-18)25(26,27)28/h3-8,11,14-15,19,33H,9-10,12-13H2,1-2H3. The number of amides is 1. The number of alkyl halides is 3. The molecule has 5 rings (SSSR count). The fourth-order valence-corrected chi connectivity index (χ4v) is 4.78. The minimum atomic E-state index is -4.42. The van der Waals surface area contributed by atoms with Gasteiger partial charge in [0.25, 0.3) is 5.91 Å². The van der Waals surface area contributed by atoms with Crippen LogP contribution in [0.2, 0.25) is 0 Å². The summed E-state index contributed by atoms with van der Waals surface area (Å²) in [4.78, 5) is 15.1. The number of aliphatic hydroxyl groups is 1. The highest BCUT2D eigenvalue weighted by atomic mass is 19.4. The van der Waals surface area contributed by atoms with Gasteiger partial charge in [-0.3, -0.25) is 14.0 Å². The molecule has 1 fully saturated rings. The quantitative estimate of drug-likeness (QED) is 0.471. The zero-order valence-corrected chi connectivity index (χ0v) is 19.3. The van der Waals surface area contributed by atoms with Crippen molar-refractivity contribution in [1.82, 2.24) is 19.2 Å². The van der Waals surface area contributed by atoms with Gasteiger partial charge in [0.05, 0.1) is 23.3 Å². The molecule has 1 aliphatic rings. The van der Waals surface area contributed by atoms with E-state index in [9.17, 15) is 23.1 Å². The van der Waals surface area contributed by atoms with E-state index in [1.165, 1.54) is 12.1 Å². The van der Waals surface area contributed by atoms with Crippen molar-refractivity contribution in [2.24, 2.45) is 7.05 Å². The summed E-state index contributed by atoms with van der Waals surface area (Å²) < 4.78 is 48.4. The van der Waals surface area contributed by atoms with Crippen LogP contribution < -0.4 is 0 Å². The molecule has 2 unspecified atom stereocenters. The number of morpholine rings is 1. The van der Waals surface area contributed by atoms with Gasteiger partial charge in [-0.15, -0.1) is 0 Å². The zero-order chi connectivity index (χ0) is 24.9. The van der Waals surface area contributed by atoms with Crippen LogP contribution in [-0.2, 0) is 18.0 Å². The molecule has 0 spiro atoms. The number of benzene rings is 2. The number of halogens is 3. The SMILES string of the molecule is CC1CN(C(=O)c2ccc3c(c2)c2cn(C)nc2n3-c2ccc(C(F)(F)F)cc2)CC(CCO)O1. The summed E-state index contributed by atoms with van der Waals surface area (Å²) in [6, 6.07) is 10.3. The third-order valence-corrected chi connectivity index (χ3v) is 6.31. The molecule has 4 aromatic rings. The van der Waals surface area contributed by atoms with Crippen LogP contribution in [-0.4, -0.2) is 62.2 Å². The van der Waals surface area contributed by atoms with Crippen LogP contribution in [0.1, 0.15) is 29.3 Å². The van der Waals surface area contributed by atoms with E-state index in [4.69, 9.17) is 4.74 Å². The highest BCUT2D eigenvalue weighted by Crippen LogP contribution is 2.34. The van der Waals surface area contributed by atoms with Crippen molar-refractivity contribution in [3.63, 3.8) is 0 Å². The molecule has 1 aliphatic heterocycles. The predicted octanol–water partition coefficient (Wildman–Crippen LogP) is 4.15. The Hall–Kier alpha value is -3.37. The van der Waals surface area contributed by atoms with Crippen molar-refractivity contribution < 1.29 is 27.8 Å². The van der Waals surface area contributed by atoms with Crippen LogP contribution in [0, 0.1) is 0 Å². The van der Waals surface area contributed by atoms with Gasteiger partial charge in [0, 0.05) is 55.0 Å². The molecule has 0 saturated carbocycles. The number of carbonyl (C=O) groups is 1. The first-order chi connectivity index (χ1) is 16.7. The van der Waals surface area contributed by atoms with E-state index in [0.717, 1.165) is 28.4 Å². The first-order valence-corrected chi connectivity index (χ1v) is 11.4. The van der Waals surface area contributed by atoms with Crippen molar-refractivity contribution in [1.29, 1.82) is 0 Å². The molecule has 2 atom stereocenters. The first-order valence-electron chi connectivity index (χ1n) is 11.4. The lowest BCUT2D eigenvalue weighted by Crippen LogP contribution is -2.49. The van der Waals surface area contributed by atoms with E-state index in [0.29, 0.717) is 36.4 Å². The van der Waals surface area contributed by atoms with Gasteiger partial charge < -0.3 is 14.7 Å². The largest absolute Gasteiger partial charge is 0.416 e. The Morgan fingerprint density at radius 1 is 1.14 bits per heavy atom. The number of aliphatic hydroxyl groups excluding tert-OH is 1. The Balaban J connectivity index is 1.56. The van der Waals surface area contributed by atoms with Crippen LogP contribution in [0.25, 0.3) is 27.6 Å². The third kappa shape index (κ3) is 4.28. The minimum Gasteiger partial charge on any atom is -0.396 e. The maximum Gasteiger partial charge on any atom is 0.416 e. The second kappa shape index (κ2) is 8.69. The van der Waals surface area contributed by atoms with Gasteiger partial charge in [-0.2, -0.15) is 18.3 Å². The van der Waals surface area contributed by atoms with Gasteiger partial charge in [-0.1, -0.05) is 0 Å². The topological polar surface area (TPSA) is 72.5 Å². The molecule has 0 aliphatic carbocycles. The third-order valence-electron chi connectivity index (χ3n) is 6.31. The lowest BCUT2D eigenvalue weighted by molar-refractivity contribution is -0.137. The average Bonchev–Trinajstić information content (AvgIpc) is 3.32. The second-order valence-electron chi connectivity index (χ2n) is 8.94. The molecular weight excluding hydrogens is 461 g/mol. The smallest absolute Gasteiger partial charge is 0.396 e. The molecule has 3 heterocycles. The first kappa shape index (κ1) is 23.4. The highest BCUT2D eigenvalue weighted by Gasteiger charge is 2.31. The number of rotatable bonds is 4. The maximum absolute atomic E-state index is 13.4. The van der Waals surface area contributed by atoms with Crippen LogP contribution in [0.3, 0.4) is 0 Å². The lowest BCUT2D eigenvalue weighted by atomic mass is 10.1. The van der Waals surface area contributed by atoms with Crippen molar-refractivity contribution in [3.8, 4) is 5.69 Å². The summed E-state index contributed by atoms with van der Waals surface area (Å²) in [5, 5.41) is 15.4. The van der Waals surface area contributed by atoms with E-state index in [1.807, 2.05) is 19.2 Å². The Kier molecular flexibility index (Phi) is 5.80. The van der Waals surface area contributed by atoms with E-state index >= 15 is 0 Å². The molecule has 35 heavy (non-hydrogen) atoms. The summed E-state index contributed by atoms with van der Waals surface area (Å²) >= 11 is 0. The number of carbonyl (C=O) groups excluding carboxylic acids is 1. The molecule has 0 radical (unpaired) electrons. The highest BCUT2D eigenvalue weighted by molar-refractivity contribution is 6.10.